The normalized spacial score (nSPS) is 32.3. The third-order valence-corrected chi connectivity index (χ3v) is 9.02. The fourth-order valence-electron chi connectivity index (χ4n) is 5.45. The number of piperidine rings is 3. The minimum absolute atomic E-state index is 0.328. The predicted octanol–water partition coefficient (Wildman–Crippen LogP) is 3.28. The highest BCUT2D eigenvalue weighted by molar-refractivity contribution is 7.89. The highest BCUT2D eigenvalue weighted by Gasteiger charge is 2.47. The Hall–Kier alpha value is -1.11. The van der Waals surface area contributed by atoms with E-state index in [-0.39, 0.29) is 5.25 Å². The van der Waals surface area contributed by atoms with Gasteiger partial charge in [-0.2, -0.15) is 0 Å². The van der Waals surface area contributed by atoms with Crippen molar-refractivity contribution in [2.45, 2.75) is 56.9 Å². The van der Waals surface area contributed by atoms with Gasteiger partial charge >= 0.3 is 0 Å². The Morgan fingerprint density at radius 3 is 2.48 bits per heavy atom. The Labute approximate surface area is 163 Å². The number of hydrogen-bond donors (Lipinski definition) is 0. The van der Waals surface area contributed by atoms with Crippen LogP contribution >= 0.6 is 0 Å². The molecule has 4 rings (SSSR count). The van der Waals surface area contributed by atoms with Crippen LogP contribution in [0.2, 0.25) is 0 Å². The molecular formula is C21H32N2O3S. The van der Waals surface area contributed by atoms with Gasteiger partial charge < -0.3 is 4.74 Å². The van der Waals surface area contributed by atoms with Crippen molar-refractivity contribution in [1.82, 2.24) is 9.21 Å². The second-order valence-corrected chi connectivity index (χ2v) is 11.2. The summed E-state index contributed by atoms with van der Waals surface area (Å²) in [5, 5.41) is -0.328. The van der Waals surface area contributed by atoms with E-state index in [1.165, 1.54) is 31.2 Å². The maximum atomic E-state index is 12.7. The Bertz CT molecular complexity index is 762. The van der Waals surface area contributed by atoms with Gasteiger partial charge in [0.2, 0.25) is 10.0 Å². The molecule has 0 aromatic heterocycles. The highest BCUT2D eigenvalue weighted by Crippen LogP contribution is 2.45. The second kappa shape index (κ2) is 7.37. The SMILES string of the molecule is COc1ccc([C@H]2CCC[C@H]3[C@@H]4C[C@H](CN23)CN(S(=O)(=O)C(C)C)C4)cc1. The number of sulfonamides is 1. The average Bonchev–Trinajstić information content (AvgIpc) is 2.67. The first-order valence-electron chi connectivity index (χ1n) is 10.3. The summed E-state index contributed by atoms with van der Waals surface area (Å²) >= 11 is 0. The second-order valence-electron chi connectivity index (χ2n) is 8.76. The van der Waals surface area contributed by atoms with Gasteiger partial charge in [0.15, 0.2) is 0 Å². The van der Waals surface area contributed by atoms with Crippen LogP contribution in [0.5, 0.6) is 5.75 Å². The van der Waals surface area contributed by atoms with Crippen molar-refractivity contribution in [1.29, 1.82) is 0 Å². The van der Waals surface area contributed by atoms with Crippen molar-refractivity contribution in [3.63, 3.8) is 0 Å². The largest absolute Gasteiger partial charge is 0.497 e. The topological polar surface area (TPSA) is 49.9 Å². The molecule has 0 unspecified atom stereocenters. The molecular weight excluding hydrogens is 360 g/mol. The number of nitrogens with zero attached hydrogens (tertiary/aromatic N) is 2. The standard InChI is InChI=1S/C21H32N2O3S/c1-15(2)27(24,25)22-12-16-11-18(14-22)21-6-4-5-20(23(21)13-16)17-7-9-19(26-3)10-8-17/h7-10,15-16,18,20-21H,4-6,11-14H2,1-3H3/t16-,18+,20+,21-/m0/s1. The summed E-state index contributed by atoms with van der Waals surface area (Å²) in [7, 11) is -1.45. The third kappa shape index (κ3) is 3.52. The van der Waals surface area contributed by atoms with Gasteiger partial charge in [0.1, 0.15) is 5.75 Å². The minimum Gasteiger partial charge on any atom is -0.497 e. The molecule has 0 radical (unpaired) electrons. The Kier molecular flexibility index (Phi) is 5.25. The van der Waals surface area contributed by atoms with E-state index in [9.17, 15) is 8.42 Å². The molecule has 150 valence electrons. The molecule has 0 N–H and O–H groups in total. The maximum Gasteiger partial charge on any atom is 0.216 e. The van der Waals surface area contributed by atoms with E-state index >= 15 is 0 Å². The monoisotopic (exact) mass is 392 g/mol. The summed E-state index contributed by atoms with van der Waals surface area (Å²) in [6.07, 6.45) is 4.78. The predicted molar refractivity (Wildman–Crippen MR) is 107 cm³/mol. The van der Waals surface area contributed by atoms with Crippen molar-refractivity contribution in [2.24, 2.45) is 11.8 Å². The summed E-state index contributed by atoms with van der Waals surface area (Å²) in [6.45, 7) is 6.00. The molecule has 1 aromatic rings. The molecule has 3 heterocycles. The first kappa shape index (κ1) is 19.2. The van der Waals surface area contributed by atoms with E-state index in [0.29, 0.717) is 37.0 Å². The number of rotatable bonds is 4. The molecule has 27 heavy (non-hydrogen) atoms. The summed E-state index contributed by atoms with van der Waals surface area (Å²) in [5.41, 5.74) is 1.37. The van der Waals surface area contributed by atoms with E-state index in [0.717, 1.165) is 12.3 Å². The van der Waals surface area contributed by atoms with Gasteiger partial charge in [-0.25, -0.2) is 12.7 Å². The Balaban J connectivity index is 1.55. The first-order valence-corrected chi connectivity index (χ1v) is 11.8. The lowest BCUT2D eigenvalue weighted by Crippen LogP contribution is -2.60. The van der Waals surface area contributed by atoms with Gasteiger partial charge in [0.25, 0.3) is 0 Å². The number of ether oxygens (including phenoxy) is 1. The van der Waals surface area contributed by atoms with Crippen LogP contribution in [0.3, 0.4) is 0 Å². The van der Waals surface area contributed by atoms with Crippen molar-refractivity contribution in [2.75, 3.05) is 26.7 Å². The molecule has 3 saturated heterocycles. The molecule has 5 nitrogen and oxygen atoms in total. The van der Waals surface area contributed by atoms with Crippen LogP contribution < -0.4 is 4.74 Å². The lowest BCUT2D eigenvalue weighted by molar-refractivity contribution is -0.0417. The summed E-state index contributed by atoms with van der Waals surface area (Å²) < 4.78 is 32.6. The molecule has 1 aromatic carbocycles. The van der Waals surface area contributed by atoms with E-state index in [1.54, 1.807) is 25.3 Å². The number of benzene rings is 1. The van der Waals surface area contributed by atoms with E-state index in [2.05, 4.69) is 29.2 Å². The quantitative estimate of drug-likeness (QED) is 0.789. The van der Waals surface area contributed by atoms with Crippen LogP contribution in [0, 0.1) is 11.8 Å². The lowest BCUT2D eigenvalue weighted by Gasteiger charge is -2.55. The molecule has 3 aliphatic heterocycles. The molecule has 0 aliphatic carbocycles. The number of methoxy groups -OCH3 is 1. The molecule has 4 atom stereocenters. The van der Waals surface area contributed by atoms with Crippen LogP contribution in [0.1, 0.15) is 51.1 Å². The molecule has 3 fully saturated rings. The van der Waals surface area contributed by atoms with Crippen LogP contribution in [0.15, 0.2) is 24.3 Å². The van der Waals surface area contributed by atoms with Crippen LogP contribution in [-0.4, -0.2) is 55.7 Å². The minimum atomic E-state index is -3.15. The van der Waals surface area contributed by atoms with Crippen LogP contribution in [0.25, 0.3) is 0 Å². The fourth-order valence-corrected chi connectivity index (χ4v) is 6.87. The van der Waals surface area contributed by atoms with Gasteiger partial charge in [0.05, 0.1) is 12.4 Å². The first-order chi connectivity index (χ1) is 12.9. The van der Waals surface area contributed by atoms with Gasteiger partial charge in [-0.05, 0) is 69.1 Å². The third-order valence-electron chi connectivity index (χ3n) is 6.81. The molecule has 3 aliphatic rings. The molecule has 0 amide bonds. The van der Waals surface area contributed by atoms with E-state index in [1.807, 2.05) is 0 Å². The highest BCUT2D eigenvalue weighted by atomic mass is 32.2. The van der Waals surface area contributed by atoms with Crippen molar-refractivity contribution in [3.8, 4) is 5.75 Å². The molecule has 0 spiro atoms. The smallest absolute Gasteiger partial charge is 0.216 e. The van der Waals surface area contributed by atoms with Crippen LogP contribution in [0.4, 0.5) is 0 Å². The number of hydrogen-bond acceptors (Lipinski definition) is 4. The molecule has 0 saturated carbocycles. The van der Waals surface area contributed by atoms with Crippen molar-refractivity contribution >= 4 is 10.0 Å². The molecule has 6 heteroatoms. The van der Waals surface area contributed by atoms with Gasteiger partial charge in [0, 0.05) is 31.7 Å². The summed E-state index contributed by atoms with van der Waals surface area (Å²) in [4.78, 5) is 2.70. The van der Waals surface area contributed by atoms with Gasteiger partial charge in [-0.1, -0.05) is 12.1 Å². The Morgan fingerprint density at radius 2 is 1.81 bits per heavy atom. The maximum absolute atomic E-state index is 12.7. The van der Waals surface area contributed by atoms with Gasteiger partial charge in [-0.15, -0.1) is 0 Å². The average molecular weight is 393 g/mol. The summed E-state index contributed by atoms with van der Waals surface area (Å²) in [6, 6.07) is 9.47. The van der Waals surface area contributed by atoms with E-state index in [4.69, 9.17) is 4.74 Å². The Morgan fingerprint density at radius 1 is 1.07 bits per heavy atom. The van der Waals surface area contributed by atoms with Gasteiger partial charge in [-0.3, -0.25) is 4.90 Å². The molecule has 2 bridgehead atoms. The zero-order valence-corrected chi connectivity index (χ0v) is 17.5. The number of fused-ring (bicyclic) bond motifs is 4. The zero-order valence-electron chi connectivity index (χ0n) is 16.7. The van der Waals surface area contributed by atoms with E-state index < -0.39 is 10.0 Å². The van der Waals surface area contributed by atoms with Crippen molar-refractivity contribution in [3.05, 3.63) is 29.8 Å². The van der Waals surface area contributed by atoms with Crippen LogP contribution in [-0.2, 0) is 10.0 Å². The lowest BCUT2D eigenvalue weighted by atomic mass is 9.74. The summed E-state index contributed by atoms with van der Waals surface area (Å²) in [5.74, 6) is 1.82. The van der Waals surface area contributed by atoms with Crippen molar-refractivity contribution < 1.29 is 13.2 Å². The zero-order chi connectivity index (χ0) is 19.2. The fraction of sp³-hybridized carbons (Fsp3) is 0.714.